The highest BCUT2D eigenvalue weighted by atomic mass is 16.4. The van der Waals surface area contributed by atoms with Gasteiger partial charge in [-0.15, -0.1) is 0 Å². The predicted molar refractivity (Wildman–Crippen MR) is 81.6 cm³/mol. The van der Waals surface area contributed by atoms with Gasteiger partial charge >= 0.3 is 0 Å². The lowest BCUT2D eigenvalue weighted by atomic mass is 10.0. The predicted octanol–water partition coefficient (Wildman–Crippen LogP) is 3.89. The fourth-order valence-corrected chi connectivity index (χ4v) is 2.34. The summed E-state index contributed by atoms with van der Waals surface area (Å²) in [6.07, 6.45) is 0. The molecule has 1 unspecified atom stereocenters. The normalized spacial score (nSPS) is 12.5. The number of oxazole rings is 1. The molecule has 3 rings (SSSR count). The molecule has 0 saturated heterocycles. The quantitative estimate of drug-likeness (QED) is 0.706. The Hall–Kier alpha value is -2.49. The standard InChI is InChI=1S/C16H17N3O/c1-10-5-3-4-6-13(10)11(2)18-16-19-14-8-7-12(17)9-15(14)20-16/h3-9,11H,17H2,1-2H3,(H,18,19). The molecule has 0 spiro atoms. The highest BCUT2D eigenvalue weighted by Gasteiger charge is 2.12. The Morgan fingerprint density at radius 2 is 2.00 bits per heavy atom. The first-order valence-corrected chi connectivity index (χ1v) is 6.61. The smallest absolute Gasteiger partial charge is 0.296 e. The van der Waals surface area contributed by atoms with E-state index >= 15 is 0 Å². The minimum Gasteiger partial charge on any atom is -0.423 e. The molecule has 0 fully saturated rings. The van der Waals surface area contributed by atoms with Gasteiger partial charge in [0.25, 0.3) is 6.01 Å². The number of benzene rings is 2. The number of hydrogen-bond donors (Lipinski definition) is 2. The van der Waals surface area contributed by atoms with E-state index in [1.165, 1.54) is 11.1 Å². The Morgan fingerprint density at radius 3 is 2.80 bits per heavy atom. The van der Waals surface area contributed by atoms with Crippen molar-refractivity contribution in [2.45, 2.75) is 19.9 Å². The van der Waals surface area contributed by atoms with Crippen LogP contribution in [0.4, 0.5) is 11.7 Å². The zero-order chi connectivity index (χ0) is 14.1. The fraction of sp³-hybridized carbons (Fsp3) is 0.188. The van der Waals surface area contributed by atoms with Gasteiger partial charge in [-0.05, 0) is 37.1 Å². The van der Waals surface area contributed by atoms with E-state index in [4.69, 9.17) is 10.2 Å². The number of fused-ring (bicyclic) bond motifs is 1. The van der Waals surface area contributed by atoms with E-state index in [-0.39, 0.29) is 6.04 Å². The Kier molecular flexibility index (Phi) is 3.06. The summed E-state index contributed by atoms with van der Waals surface area (Å²) >= 11 is 0. The third-order valence-electron chi connectivity index (χ3n) is 3.41. The Bertz CT molecular complexity index is 748. The second kappa shape index (κ2) is 4.89. The summed E-state index contributed by atoms with van der Waals surface area (Å²) in [4.78, 5) is 4.42. The summed E-state index contributed by atoms with van der Waals surface area (Å²) in [5, 5.41) is 3.29. The maximum Gasteiger partial charge on any atom is 0.296 e. The first-order chi connectivity index (χ1) is 9.63. The van der Waals surface area contributed by atoms with Crippen molar-refractivity contribution in [2.75, 3.05) is 11.1 Å². The molecule has 0 aliphatic rings. The number of hydrogen-bond acceptors (Lipinski definition) is 4. The average Bonchev–Trinajstić information content (AvgIpc) is 2.80. The maximum atomic E-state index is 5.74. The van der Waals surface area contributed by atoms with Crippen LogP contribution in [0.2, 0.25) is 0 Å². The summed E-state index contributed by atoms with van der Waals surface area (Å²) in [5.41, 5.74) is 10.4. The lowest BCUT2D eigenvalue weighted by Gasteiger charge is -2.14. The summed E-state index contributed by atoms with van der Waals surface area (Å²) in [7, 11) is 0. The number of nitrogens with two attached hydrogens (primary N) is 1. The van der Waals surface area contributed by atoms with E-state index in [1.807, 2.05) is 24.3 Å². The van der Waals surface area contributed by atoms with Crippen molar-refractivity contribution in [3.63, 3.8) is 0 Å². The van der Waals surface area contributed by atoms with E-state index in [9.17, 15) is 0 Å². The second-order valence-electron chi connectivity index (χ2n) is 4.97. The zero-order valence-corrected chi connectivity index (χ0v) is 11.6. The minimum atomic E-state index is 0.126. The van der Waals surface area contributed by atoms with Crippen LogP contribution >= 0.6 is 0 Å². The molecule has 1 aromatic heterocycles. The van der Waals surface area contributed by atoms with E-state index in [0.29, 0.717) is 17.3 Å². The SMILES string of the molecule is Cc1ccccc1C(C)Nc1nc2ccc(N)cc2o1. The van der Waals surface area contributed by atoms with E-state index in [0.717, 1.165) is 5.52 Å². The largest absolute Gasteiger partial charge is 0.423 e. The van der Waals surface area contributed by atoms with Gasteiger partial charge in [-0.25, -0.2) is 0 Å². The number of nitrogen functional groups attached to an aromatic ring is 1. The van der Waals surface area contributed by atoms with Gasteiger partial charge in [-0.1, -0.05) is 24.3 Å². The number of aryl methyl sites for hydroxylation is 1. The van der Waals surface area contributed by atoms with Crippen molar-refractivity contribution in [2.24, 2.45) is 0 Å². The molecule has 3 aromatic rings. The number of nitrogens with zero attached hydrogens (tertiary/aromatic N) is 1. The molecule has 0 radical (unpaired) electrons. The van der Waals surface area contributed by atoms with Crippen molar-refractivity contribution >= 4 is 22.8 Å². The van der Waals surface area contributed by atoms with Crippen LogP contribution in [-0.4, -0.2) is 4.98 Å². The van der Waals surface area contributed by atoms with Crippen molar-refractivity contribution in [1.29, 1.82) is 0 Å². The first-order valence-electron chi connectivity index (χ1n) is 6.61. The van der Waals surface area contributed by atoms with Crippen LogP contribution < -0.4 is 11.1 Å². The van der Waals surface area contributed by atoms with Crippen LogP contribution in [0, 0.1) is 6.92 Å². The van der Waals surface area contributed by atoms with E-state index in [2.05, 4.69) is 36.3 Å². The third kappa shape index (κ3) is 2.32. The van der Waals surface area contributed by atoms with Gasteiger partial charge in [-0.3, -0.25) is 0 Å². The number of anilines is 2. The molecule has 0 aliphatic heterocycles. The van der Waals surface area contributed by atoms with Crippen molar-refractivity contribution < 1.29 is 4.42 Å². The monoisotopic (exact) mass is 267 g/mol. The number of rotatable bonds is 3. The maximum absolute atomic E-state index is 5.74. The first kappa shape index (κ1) is 12.5. The van der Waals surface area contributed by atoms with Crippen LogP contribution in [0.15, 0.2) is 46.9 Å². The molecule has 3 N–H and O–H groups in total. The Balaban J connectivity index is 1.87. The molecule has 102 valence electrons. The number of aromatic nitrogens is 1. The van der Waals surface area contributed by atoms with Crippen LogP contribution in [-0.2, 0) is 0 Å². The Labute approximate surface area is 117 Å². The highest BCUT2D eigenvalue weighted by Crippen LogP contribution is 2.25. The third-order valence-corrected chi connectivity index (χ3v) is 3.41. The molecule has 0 aliphatic carbocycles. The van der Waals surface area contributed by atoms with Gasteiger partial charge in [0.2, 0.25) is 0 Å². The van der Waals surface area contributed by atoms with Crippen LogP contribution in [0.1, 0.15) is 24.1 Å². The van der Waals surface area contributed by atoms with Crippen LogP contribution in [0.25, 0.3) is 11.1 Å². The Morgan fingerprint density at radius 1 is 1.20 bits per heavy atom. The lowest BCUT2D eigenvalue weighted by Crippen LogP contribution is -2.08. The summed E-state index contributed by atoms with van der Waals surface area (Å²) in [6.45, 7) is 4.19. The van der Waals surface area contributed by atoms with Crippen molar-refractivity contribution in [1.82, 2.24) is 4.98 Å². The average molecular weight is 267 g/mol. The summed E-state index contributed by atoms with van der Waals surface area (Å²) < 4.78 is 5.68. The van der Waals surface area contributed by atoms with Gasteiger partial charge in [0.1, 0.15) is 5.52 Å². The molecule has 20 heavy (non-hydrogen) atoms. The van der Waals surface area contributed by atoms with Gasteiger partial charge in [0, 0.05) is 11.8 Å². The van der Waals surface area contributed by atoms with Gasteiger partial charge in [0.05, 0.1) is 6.04 Å². The van der Waals surface area contributed by atoms with E-state index in [1.54, 1.807) is 6.07 Å². The summed E-state index contributed by atoms with van der Waals surface area (Å²) in [5.74, 6) is 0. The fourth-order valence-electron chi connectivity index (χ4n) is 2.34. The van der Waals surface area contributed by atoms with Gasteiger partial charge in [-0.2, -0.15) is 4.98 Å². The van der Waals surface area contributed by atoms with Crippen LogP contribution in [0.5, 0.6) is 0 Å². The van der Waals surface area contributed by atoms with Crippen LogP contribution in [0.3, 0.4) is 0 Å². The topological polar surface area (TPSA) is 64.1 Å². The zero-order valence-electron chi connectivity index (χ0n) is 11.6. The molecule has 0 saturated carbocycles. The highest BCUT2D eigenvalue weighted by molar-refractivity contribution is 5.78. The molecule has 2 aromatic carbocycles. The van der Waals surface area contributed by atoms with E-state index < -0.39 is 0 Å². The minimum absolute atomic E-state index is 0.126. The molecule has 0 bridgehead atoms. The molecular formula is C16H17N3O. The number of nitrogens with one attached hydrogen (secondary N) is 1. The molecule has 4 heteroatoms. The van der Waals surface area contributed by atoms with Gasteiger partial charge < -0.3 is 15.5 Å². The molecule has 0 amide bonds. The lowest BCUT2D eigenvalue weighted by molar-refractivity contribution is 0.604. The van der Waals surface area contributed by atoms with Gasteiger partial charge in [0.15, 0.2) is 5.58 Å². The van der Waals surface area contributed by atoms with Crippen molar-refractivity contribution in [3.8, 4) is 0 Å². The molecule has 4 nitrogen and oxygen atoms in total. The molecular weight excluding hydrogens is 250 g/mol. The second-order valence-corrected chi connectivity index (χ2v) is 4.97. The van der Waals surface area contributed by atoms with Crippen molar-refractivity contribution in [3.05, 3.63) is 53.6 Å². The summed E-state index contributed by atoms with van der Waals surface area (Å²) in [6, 6.07) is 14.4. The molecule has 1 atom stereocenters. The molecule has 1 heterocycles.